The summed E-state index contributed by atoms with van der Waals surface area (Å²) in [5.74, 6) is 0.682. The highest BCUT2D eigenvalue weighted by molar-refractivity contribution is 6.00. The molecule has 0 aliphatic carbocycles. The van der Waals surface area contributed by atoms with Crippen molar-refractivity contribution in [2.24, 2.45) is 0 Å². The minimum Gasteiger partial charge on any atom is -0.504 e. The van der Waals surface area contributed by atoms with Crippen molar-refractivity contribution in [3.63, 3.8) is 0 Å². The number of benzene rings is 2. The Morgan fingerprint density at radius 1 is 1.04 bits per heavy atom. The van der Waals surface area contributed by atoms with Gasteiger partial charge < -0.3 is 19.0 Å². The van der Waals surface area contributed by atoms with Gasteiger partial charge in [-0.05, 0) is 12.1 Å². The Morgan fingerprint density at radius 3 is 2.52 bits per heavy atom. The average molecular weight is 336 g/mol. The van der Waals surface area contributed by atoms with Gasteiger partial charge in [0.25, 0.3) is 0 Å². The molecule has 4 rings (SSSR count). The number of fused-ring (bicyclic) bond motifs is 1. The fraction of sp³-hybridized carbons (Fsp3) is 0.105. The van der Waals surface area contributed by atoms with Crippen LogP contribution in [0.5, 0.6) is 17.2 Å². The van der Waals surface area contributed by atoms with Crippen molar-refractivity contribution in [2.75, 3.05) is 14.2 Å². The molecule has 25 heavy (non-hydrogen) atoms. The zero-order valence-electron chi connectivity index (χ0n) is 13.7. The van der Waals surface area contributed by atoms with Crippen LogP contribution in [0.4, 0.5) is 0 Å². The number of aromatic nitrogens is 2. The zero-order valence-corrected chi connectivity index (χ0v) is 13.7. The van der Waals surface area contributed by atoms with Crippen LogP contribution in [0, 0.1) is 0 Å². The predicted octanol–water partition coefficient (Wildman–Crippen LogP) is 4.21. The molecular weight excluding hydrogens is 320 g/mol. The van der Waals surface area contributed by atoms with E-state index in [1.807, 2.05) is 36.4 Å². The number of rotatable bonds is 4. The lowest BCUT2D eigenvalue weighted by Gasteiger charge is -2.13. The molecule has 6 heteroatoms. The minimum atomic E-state index is -0.0648. The molecule has 2 N–H and O–H groups in total. The Kier molecular flexibility index (Phi) is 3.57. The van der Waals surface area contributed by atoms with Gasteiger partial charge in [-0.15, -0.1) is 0 Å². The molecule has 0 saturated heterocycles. The summed E-state index contributed by atoms with van der Waals surface area (Å²) in [5, 5.41) is 18.8. The van der Waals surface area contributed by atoms with E-state index < -0.39 is 0 Å². The van der Waals surface area contributed by atoms with Crippen molar-refractivity contribution < 1.29 is 19.0 Å². The topological polar surface area (TPSA) is 80.5 Å². The van der Waals surface area contributed by atoms with Gasteiger partial charge in [0.2, 0.25) is 5.75 Å². The number of aromatic hydroxyl groups is 1. The molecule has 2 aromatic heterocycles. The van der Waals surface area contributed by atoms with Gasteiger partial charge in [0.1, 0.15) is 5.75 Å². The Morgan fingerprint density at radius 2 is 1.80 bits per heavy atom. The first-order chi connectivity index (χ1) is 12.2. The lowest BCUT2D eigenvalue weighted by Crippen LogP contribution is -1.93. The number of phenolic OH excluding ortho intramolecular Hbond substituents is 1. The van der Waals surface area contributed by atoms with Gasteiger partial charge in [-0.25, -0.2) is 0 Å². The third-order valence-corrected chi connectivity index (χ3v) is 4.12. The number of hydrogen-bond donors (Lipinski definition) is 2. The third kappa shape index (κ3) is 2.30. The average Bonchev–Trinajstić information content (AvgIpc) is 3.31. The SMILES string of the molecule is COc1c(-c2cc(-c3ccccc3)n[nH]2)c(O)c(OC)c2occc12. The maximum Gasteiger partial charge on any atom is 0.205 e. The summed E-state index contributed by atoms with van der Waals surface area (Å²) in [5.41, 5.74) is 3.27. The molecule has 0 aliphatic heterocycles. The molecule has 2 aromatic carbocycles. The number of H-pyrrole nitrogens is 1. The van der Waals surface area contributed by atoms with Crippen molar-refractivity contribution in [2.45, 2.75) is 0 Å². The number of furan rings is 1. The molecule has 0 atom stereocenters. The molecule has 4 aromatic rings. The second-order valence-electron chi connectivity index (χ2n) is 5.49. The number of methoxy groups -OCH3 is 2. The maximum atomic E-state index is 10.7. The summed E-state index contributed by atoms with van der Waals surface area (Å²) in [6, 6.07) is 13.4. The monoisotopic (exact) mass is 336 g/mol. The van der Waals surface area contributed by atoms with E-state index in [-0.39, 0.29) is 11.5 Å². The van der Waals surface area contributed by atoms with Gasteiger partial charge in [-0.1, -0.05) is 30.3 Å². The first-order valence-corrected chi connectivity index (χ1v) is 7.70. The number of aromatic amines is 1. The molecule has 0 radical (unpaired) electrons. The van der Waals surface area contributed by atoms with E-state index in [9.17, 15) is 5.11 Å². The van der Waals surface area contributed by atoms with Crippen LogP contribution in [0.3, 0.4) is 0 Å². The summed E-state index contributed by atoms with van der Waals surface area (Å²) in [4.78, 5) is 0. The summed E-state index contributed by atoms with van der Waals surface area (Å²) in [7, 11) is 3.03. The molecule has 0 saturated carbocycles. The lowest BCUT2D eigenvalue weighted by atomic mass is 10.0. The van der Waals surface area contributed by atoms with Crippen LogP contribution in [-0.4, -0.2) is 29.5 Å². The van der Waals surface area contributed by atoms with E-state index in [0.717, 1.165) is 11.3 Å². The second-order valence-corrected chi connectivity index (χ2v) is 5.49. The van der Waals surface area contributed by atoms with Gasteiger partial charge in [0.05, 0.1) is 42.8 Å². The van der Waals surface area contributed by atoms with Gasteiger partial charge in [-0.2, -0.15) is 5.10 Å². The highest BCUT2D eigenvalue weighted by Crippen LogP contribution is 2.50. The van der Waals surface area contributed by atoms with Crippen molar-refractivity contribution in [3.8, 4) is 39.8 Å². The predicted molar refractivity (Wildman–Crippen MR) is 94.0 cm³/mol. The van der Waals surface area contributed by atoms with Crippen molar-refractivity contribution in [1.29, 1.82) is 0 Å². The third-order valence-electron chi connectivity index (χ3n) is 4.12. The van der Waals surface area contributed by atoms with Gasteiger partial charge >= 0.3 is 0 Å². The summed E-state index contributed by atoms with van der Waals surface area (Å²) >= 11 is 0. The van der Waals surface area contributed by atoms with Crippen LogP contribution in [0.25, 0.3) is 33.5 Å². The van der Waals surface area contributed by atoms with E-state index in [1.54, 1.807) is 13.2 Å². The van der Waals surface area contributed by atoms with Crippen LogP contribution in [0.1, 0.15) is 0 Å². The van der Waals surface area contributed by atoms with E-state index in [1.165, 1.54) is 13.4 Å². The summed E-state index contributed by atoms with van der Waals surface area (Å²) in [6.45, 7) is 0. The van der Waals surface area contributed by atoms with Gasteiger partial charge in [0, 0.05) is 5.56 Å². The Bertz CT molecular complexity index is 1030. The molecule has 6 nitrogen and oxygen atoms in total. The van der Waals surface area contributed by atoms with E-state index in [4.69, 9.17) is 13.9 Å². The summed E-state index contributed by atoms with van der Waals surface area (Å²) in [6.07, 6.45) is 1.53. The number of nitrogens with zero attached hydrogens (tertiary/aromatic N) is 1. The van der Waals surface area contributed by atoms with E-state index in [2.05, 4.69) is 10.2 Å². The molecule has 2 heterocycles. The van der Waals surface area contributed by atoms with Crippen LogP contribution in [0.15, 0.2) is 53.1 Å². The molecule has 0 fully saturated rings. The number of hydrogen-bond acceptors (Lipinski definition) is 5. The smallest absolute Gasteiger partial charge is 0.205 e. The molecule has 0 spiro atoms. The lowest BCUT2D eigenvalue weighted by molar-refractivity contribution is 0.367. The van der Waals surface area contributed by atoms with Crippen LogP contribution < -0.4 is 9.47 Å². The maximum absolute atomic E-state index is 10.7. The first-order valence-electron chi connectivity index (χ1n) is 7.70. The van der Waals surface area contributed by atoms with Crippen LogP contribution >= 0.6 is 0 Å². The number of ether oxygens (including phenoxy) is 2. The van der Waals surface area contributed by atoms with Crippen molar-refractivity contribution in [3.05, 3.63) is 48.7 Å². The largest absolute Gasteiger partial charge is 0.504 e. The fourth-order valence-corrected chi connectivity index (χ4v) is 2.99. The van der Waals surface area contributed by atoms with Gasteiger partial charge in [0.15, 0.2) is 11.3 Å². The minimum absolute atomic E-state index is 0.0648. The Balaban J connectivity index is 1.95. The zero-order chi connectivity index (χ0) is 17.4. The molecule has 0 aliphatic rings. The summed E-state index contributed by atoms with van der Waals surface area (Å²) < 4.78 is 16.3. The quantitative estimate of drug-likeness (QED) is 0.583. The normalized spacial score (nSPS) is 11.0. The highest BCUT2D eigenvalue weighted by Gasteiger charge is 2.25. The van der Waals surface area contributed by atoms with Gasteiger partial charge in [-0.3, -0.25) is 5.10 Å². The van der Waals surface area contributed by atoms with E-state index in [0.29, 0.717) is 28.0 Å². The van der Waals surface area contributed by atoms with Crippen LogP contribution in [0.2, 0.25) is 0 Å². The second kappa shape index (κ2) is 5.90. The standard InChI is InChI=1S/C19H16N2O4/c1-23-17-12-8-9-25-18(12)19(24-2)16(22)15(17)14-10-13(20-21-14)11-6-4-3-5-7-11/h3-10,22H,1-2H3,(H,20,21). The highest BCUT2D eigenvalue weighted by atomic mass is 16.5. The number of phenols is 1. The Hall–Kier alpha value is -3.41. The Labute approximate surface area is 143 Å². The molecule has 0 bridgehead atoms. The van der Waals surface area contributed by atoms with E-state index >= 15 is 0 Å². The number of nitrogens with one attached hydrogen (secondary N) is 1. The molecule has 126 valence electrons. The fourth-order valence-electron chi connectivity index (χ4n) is 2.99. The first kappa shape index (κ1) is 15.1. The van der Waals surface area contributed by atoms with Crippen LogP contribution in [-0.2, 0) is 0 Å². The van der Waals surface area contributed by atoms with Crippen molar-refractivity contribution >= 4 is 11.0 Å². The van der Waals surface area contributed by atoms with Crippen molar-refractivity contribution in [1.82, 2.24) is 10.2 Å². The molecular formula is C19H16N2O4. The molecule has 0 amide bonds. The molecule has 0 unspecified atom stereocenters.